The van der Waals surface area contributed by atoms with Crippen molar-refractivity contribution in [3.63, 3.8) is 0 Å². The Hall–Kier alpha value is -1.50. The summed E-state index contributed by atoms with van der Waals surface area (Å²) in [6, 6.07) is 0. The Balaban J connectivity index is 2.84. The molecule has 1 rings (SSSR count). The molecule has 2 N–H and O–H groups in total. The first-order chi connectivity index (χ1) is 6.27. The van der Waals surface area contributed by atoms with Crippen LogP contribution in [0.2, 0.25) is 0 Å². The lowest BCUT2D eigenvalue weighted by atomic mass is 10.4. The summed E-state index contributed by atoms with van der Waals surface area (Å²) in [6.07, 6.45) is 0.525. The van der Waals surface area contributed by atoms with Crippen molar-refractivity contribution in [2.45, 2.75) is 6.92 Å². The summed E-state index contributed by atoms with van der Waals surface area (Å²) in [5, 5.41) is 3.81. The molecule has 1 heterocycles. The third-order valence-corrected chi connectivity index (χ3v) is 1.62. The van der Waals surface area contributed by atoms with Gasteiger partial charge < -0.3 is 10.6 Å². The van der Waals surface area contributed by atoms with Crippen LogP contribution in [0, 0.1) is 0 Å². The topological polar surface area (TPSA) is 90.5 Å². The minimum absolute atomic E-state index is 0.0507. The van der Waals surface area contributed by atoms with E-state index in [1.807, 2.05) is 0 Å². The van der Waals surface area contributed by atoms with Gasteiger partial charge in [0.05, 0.1) is 0 Å². The number of oxime groups is 1. The van der Waals surface area contributed by atoms with Gasteiger partial charge in [-0.15, -0.1) is 0 Å². The second-order valence-corrected chi connectivity index (χ2v) is 2.75. The normalized spacial score (nSPS) is 11.3. The number of nitrogens with zero attached hydrogens (tertiary/aromatic N) is 3. The second-order valence-electron chi connectivity index (χ2n) is 1.97. The number of nitrogens with two attached hydrogens (primary N) is 1. The molecule has 6 nitrogen and oxygen atoms in total. The molecule has 1 aromatic heterocycles. The molecule has 0 aliphatic heterocycles. The Kier molecular flexibility index (Phi) is 3.32. The molecule has 0 fully saturated rings. The number of anilines is 1. The molecule has 0 radical (unpaired) electrons. The number of aromatic nitrogens is 2. The van der Waals surface area contributed by atoms with Crippen LogP contribution in [-0.2, 0) is 9.63 Å². The fourth-order valence-corrected chi connectivity index (χ4v) is 1.03. The number of hydrogen-bond acceptors (Lipinski definition) is 7. The fraction of sp³-hybridized carbons (Fsp3) is 0.333. The maximum absolute atomic E-state index is 10.5. The zero-order valence-corrected chi connectivity index (χ0v) is 7.74. The number of hydrogen-bond donors (Lipinski definition) is 1. The van der Waals surface area contributed by atoms with Crippen LogP contribution in [0.1, 0.15) is 12.7 Å². The Morgan fingerprint density at radius 1 is 1.85 bits per heavy atom. The molecule has 0 bridgehead atoms. The third-order valence-electron chi connectivity index (χ3n) is 1.07. The van der Waals surface area contributed by atoms with Crippen LogP contribution in [0.4, 0.5) is 5.13 Å². The number of carbonyl (C=O) groups is 1. The quantitative estimate of drug-likeness (QED) is 0.421. The van der Waals surface area contributed by atoms with Crippen LogP contribution in [0.25, 0.3) is 0 Å². The van der Waals surface area contributed by atoms with Gasteiger partial charge in [-0.3, -0.25) is 4.79 Å². The van der Waals surface area contributed by atoms with E-state index in [9.17, 15) is 4.79 Å². The van der Waals surface area contributed by atoms with Crippen molar-refractivity contribution in [3.05, 3.63) is 5.82 Å². The Morgan fingerprint density at radius 2 is 2.62 bits per heavy atom. The molecular formula is C6H8N4O2S. The van der Waals surface area contributed by atoms with E-state index in [1.165, 1.54) is 0 Å². The molecule has 13 heavy (non-hydrogen) atoms. The summed E-state index contributed by atoms with van der Waals surface area (Å²) in [7, 11) is 0. The lowest BCUT2D eigenvalue weighted by Crippen LogP contribution is -2.06. The zero-order chi connectivity index (χ0) is 9.68. The summed E-state index contributed by atoms with van der Waals surface area (Å²) in [5.41, 5.74) is 5.38. The van der Waals surface area contributed by atoms with Crippen LogP contribution < -0.4 is 5.73 Å². The fourth-order valence-electron chi connectivity index (χ4n) is 0.588. The first-order valence-corrected chi connectivity index (χ1v) is 4.30. The van der Waals surface area contributed by atoms with Crippen molar-refractivity contribution in [3.8, 4) is 0 Å². The van der Waals surface area contributed by atoms with Gasteiger partial charge in [0, 0.05) is 11.5 Å². The minimum Gasteiger partial charge on any atom is -0.395 e. The summed E-state index contributed by atoms with van der Waals surface area (Å²) in [5.74, 6) is 0.200. The van der Waals surface area contributed by atoms with Gasteiger partial charge in [-0.2, -0.15) is 9.36 Å². The molecular weight excluding hydrogens is 192 g/mol. The SMILES string of the molecule is CCO/N=C(\C=O)c1nsc(N)n1. The van der Waals surface area contributed by atoms with Crippen LogP contribution in [0.15, 0.2) is 5.16 Å². The van der Waals surface area contributed by atoms with Crippen molar-refractivity contribution < 1.29 is 9.63 Å². The summed E-state index contributed by atoms with van der Waals surface area (Å²) < 4.78 is 3.80. The molecule has 0 saturated heterocycles. The van der Waals surface area contributed by atoms with Gasteiger partial charge in [-0.1, -0.05) is 5.16 Å². The number of aldehydes is 1. The summed E-state index contributed by atoms with van der Waals surface area (Å²) in [6.45, 7) is 2.14. The van der Waals surface area contributed by atoms with E-state index < -0.39 is 0 Å². The van der Waals surface area contributed by atoms with E-state index in [-0.39, 0.29) is 11.5 Å². The monoisotopic (exact) mass is 200 g/mol. The van der Waals surface area contributed by atoms with Crippen molar-refractivity contribution in [2.75, 3.05) is 12.3 Å². The molecule has 1 aromatic rings. The molecule has 70 valence electrons. The van der Waals surface area contributed by atoms with Gasteiger partial charge >= 0.3 is 0 Å². The molecule has 0 aromatic carbocycles. The summed E-state index contributed by atoms with van der Waals surface area (Å²) in [4.78, 5) is 19.0. The number of carbonyl (C=O) groups excluding carboxylic acids is 1. The Morgan fingerprint density at radius 3 is 3.08 bits per heavy atom. The molecule has 7 heteroatoms. The van der Waals surface area contributed by atoms with Crippen molar-refractivity contribution in [2.24, 2.45) is 5.16 Å². The molecule has 0 saturated carbocycles. The average molecular weight is 200 g/mol. The van der Waals surface area contributed by atoms with Crippen LogP contribution in [0.3, 0.4) is 0 Å². The van der Waals surface area contributed by atoms with E-state index in [0.29, 0.717) is 18.0 Å². The zero-order valence-electron chi connectivity index (χ0n) is 6.93. The molecule has 0 atom stereocenters. The first kappa shape index (κ1) is 9.59. The lowest BCUT2D eigenvalue weighted by Gasteiger charge is -1.92. The Bertz CT molecular complexity index is 322. The average Bonchev–Trinajstić information content (AvgIpc) is 2.54. The van der Waals surface area contributed by atoms with Crippen molar-refractivity contribution in [1.29, 1.82) is 0 Å². The first-order valence-electron chi connectivity index (χ1n) is 3.52. The van der Waals surface area contributed by atoms with Crippen LogP contribution in [0.5, 0.6) is 0 Å². The summed E-state index contributed by atoms with van der Waals surface area (Å²) >= 11 is 1.00. The van der Waals surface area contributed by atoms with Gasteiger partial charge in [-0.25, -0.2) is 0 Å². The van der Waals surface area contributed by atoms with Gasteiger partial charge in [0.1, 0.15) is 6.61 Å². The van der Waals surface area contributed by atoms with Gasteiger partial charge in [0.2, 0.25) is 0 Å². The standard InChI is InChI=1S/C6H8N4O2S/c1-2-12-9-4(3-11)5-8-6(7)13-10-5/h3H,2H2,1H3,(H2,7,8,10)/b9-4+. The van der Waals surface area contributed by atoms with Gasteiger partial charge in [0.15, 0.2) is 23.0 Å². The molecule has 0 unspecified atom stereocenters. The Labute approximate surface area is 78.6 Å². The van der Waals surface area contributed by atoms with Crippen LogP contribution >= 0.6 is 11.5 Å². The van der Waals surface area contributed by atoms with Gasteiger partial charge in [-0.05, 0) is 6.92 Å². The highest BCUT2D eigenvalue weighted by atomic mass is 32.1. The largest absolute Gasteiger partial charge is 0.395 e. The van der Waals surface area contributed by atoms with Crippen LogP contribution in [-0.4, -0.2) is 28.0 Å². The minimum atomic E-state index is 0.0507. The third kappa shape index (κ3) is 2.48. The van der Waals surface area contributed by atoms with Gasteiger partial charge in [0.25, 0.3) is 0 Å². The van der Waals surface area contributed by atoms with E-state index in [2.05, 4.69) is 14.5 Å². The molecule has 0 aliphatic rings. The highest BCUT2D eigenvalue weighted by molar-refractivity contribution is 7.09. The van der Waals surface area contributed by atoms with Crippen molar-refractivity contribution in [1.82, 2.24) is 9.36 Å². The van der Waals surface area contributed by atoms with E-state index in [4.69, 9.17) is 10.6 Å². The predicted octanol–water partition coefficient (Wildman–Crippen LogP) is 0.0598. The van der Waals surface area contributed by atoms with Crippen molar-refractivity contribution >= 4 is 28.7 Å². The second kappa shape index (κ2) is 4.51. The highest BCUT2D eigenvalue weighted by Gasteiger charge is 2.09. The molecule has 0 spiro atoms. The maximum Gasteiger partial charge on any atom is 0.200 e. The maximum atomic E-state index is 10.5. The predicted molar refractivity (Wildman–Crippen MR) is 48.5 cm³/mol. The highest BCUT2D eigenvalue weighted by Crippen LogP contribution is 2.05. The lowest BCUT2D eigenvalue weighted by molar-refractivity contribution is -0.102. The number of nitrogen functional groups attached to an aromatic ring is 1. The van der Waals surface area contributed by atoms with E-state index in [0.717, 1.165) is 11.5 Å². The molecule has 0 amide bonds. The van der Waals surface area contributed by atoms with E-state index in [1.54, 1.807) is 6.92 Å². The smallest absolute Gasteiger partial charge is 0.200 e. The number of rotatable bonds is 4. The molecule has 0 aliphatic carbocycles. The van der Waals surface area contributed by atoms with E-state index >= 15 is 0 Å².